The normalized spacial score (nSPS) is 10.3. The zero-order valence-corrected chi connectivity index (χ0v) is 8.15. The molecule has 0 aromatic heterocycles. The number of hydrogen-bond acceptors (Lipinski definition) is 1. The lowest BCUT2D eigenvalue weighted by Crippen LogP contribution is -1.87. The van der Waals surface area contributed by atoms with Crippen LogP contribution in [0.2, 0.25) is 0 Å². The lowest BCUT2D eigenvalue weighted by atomic mass is 10.0. The topological polar surface area (TPSA) is 20.2 Å². The van der Waals surface area contributed by atoms with Crippen LogP contribution < -0.4 is 0 Å². The van der Waals surface area contributed by atoms with E-state index >= 15 is 0 Å². The van der Waals surface area contributed by atoms with Gasteiger partial charge in [0.1, 0.15) is 5.82 Å². The Hall–Kier alpha value is -1.67. The monoisotopic (exact) mass is 202 g/mol. The van der Waals surface area contributed by atoms with Crippen LogP contribution >= 0.6 is 0 Å². The number of benzene rings is 2. The fourth-order valence-corrected chi connectivity index (χ4v) is 1.54. The van der Waals surface area contributed by atoms with Crippen LogP contribution in [-0.2, 0) is 6.61 Å². The van der Waals surface area contributed by atoms with E-state index in [4.69, 9.17) is 5.11 Å². The maximum atomic E-state index is 13.2. The van der Waals surface area contributed by atoms with Gasteiger partial charge in [0.2, 0.25) is 0 Å². The summed E-state index contributed by atoms with van der Waals surface area (Å²) in [4.78, 5) is 0. The van der Waals surface area contributed by atoms with E-state index in [1.165, 1.54) is 12.1 Å². The quantitative estimate of drug-likeness (QED) is 0.793. The molecule has 0 atom stereocenters. The molecule has 1 N–H and O–H groups in total. The van der Waals surface area contributed by atoms with E-state index in [1.807, 2.05) is 30.3 Å². The molecule has 0 heterocycles. The first-order valence-corrected chi connectivity index (χ1v) is 4.75. The van der Waals surface area contributed by atoms with Crippen LogP contribution in [0.5, 0.6) is 0 Å². The molecule has 0 spiro atoms. The van der Waals surface area contributed by atoms with Crippen molar-refractivity contribution in [3.8, 4) is 11.1 Å². The highest BCUT2D eigenvalue weighted by atomic mass is 19.1. The third-order valence-corrected chi connectivity index (χ3v) is 2.25. The third kappa shape index (κ3) is 2.22. The summed E-state index contributed by atoms with van der Waals surface area (Å²) in [6.07, 6.45) is 0. The molecule has 0 aliphatic rings. The van der Waals surface area contributed by atoms with Gasteiger partial charge < -0.3 is 5.11 Å². The van der Waals surface area contributed by atoms with E-state index in [0.717, 1.165) is 11.1 Å². The van der Waals surface area contributed by atoms with E-state index < -0.39 is 0 Å². The minimum Gasteiger partial charge on any atom is -0.392 e. The van der Waals surface area contributed by atoms with Crippen molar-refractivity contribution in [2.75, 3.05) is 0 Å². The van der Waals surface area contributed by atoms with Gasteiger partial charge in [0.25, 0.3) is 0 Å². The Bertz CT molecular complexity index is 451. The van der Waals surface area contributed by atoms with Crippen molar-refractivity contribution in [3.63, 3.8) is 0 Å². The molecule has 0 saturated heterocycles. The number of aliphatic hydroxyl groups is 1. The van der Waals surface area contributed by atoms with Gasteiger partial charge in [-0.3, -0.25) is 0 Å². The van der Waals surface area contributed by atoms with Crippen molar-refractivity contribution < 1.29 is 9.50 Å². The molecule has 2 heteroatoms. The average Bonchev–Trinajstić information content (AvgIpc) is 2.29. The van der Waals surface area contributed by atoms with Crippen molar-refractivity contribution in [1.29, 1.82) is 0 Å². The van der Waals surface area contributed by atoms with Crippen molar-refractivity contribution >= 4 is 0 Å². The van der Waals surface area contributed by atoms with Gasteiger partial charge in [-0.25, -0.2) is 4.39 Å². The van der Waals surface area contributed by atoms with Crippen molar-refractivity contribution in [2.24, 2.45) is 0 Å². The van der Waals surface area contributed by atoms with E-state index in [2.05, 4.69) is 0 Å². The Morgan fingerprint density at radius 1 is 0.933 bits per heavy atom. The zero-order valence-electron chi connectivity index (χ0n) is 8.15. The summed E-state index contributed by atoms with van der Waals surface area (Å²) in [5, 5.41) is 8.97. The molecule has 0 amide bonds. The molecule has 1 nitrogen and oxygen atoms in total. The highest BCUT2D eigenvalue weighted by Gasteiger charge is 2.01. The highest BCUT2D eigenvalue weighted by Crippen LogP contribution is 2.21. The lowest BCUT2D eigenvalue weighted by Gasteiger charge is -2.04. The summed E-state index contributed by atoms with van der Waals surface area (Å²) in [5.41, 5.74) is 2.33. The molecule has 0 aliphatic heterocycles. The molecule has 15 heavy (non-hydrogen) atoms. The van der Waals surface area contributed by atoms with Gasteiger partial charge in [0.15, 0.2) is 0 Å². The first-order chi connectivity index (χ1) is 7.29. The van der Waals surface area contributed by atoms with Crippen LogP contribution in [0.15, 0.2) is 48.5 Å². The van der Waals surface area contributed by atoms with Crippen molar-refractivity contribution in [3.05, 3.63) is 59.9 Å². The molecular weight excluding hydrogens is 191 g/mol. The minimum absolute atomic E-state index is 0.141. The standard InChI is InChI=1S/C13H11FO/c14-13-7-10(9-15)6-12(8-13)11-4-2-1-3-5-11/h1-8,15H,9H2. The Morgan fingerprint density at radius 2 is 1.67 bits per heavy atom. The van der Waals surface area contributed by atoms with E-state index in [1.54, 1.807) is 6.07 Å². The largest absolute Gasteiger partial charge is 0.392 e. The molecule has 0 unspecified atom stereocenters. The minimum atomic E-state index is -0.319. The van der Waals surface area contributed by atoms with Gasteiger partial charge >= 0.3 is 0 Å². The van der Waals surface area contributed by atoms with Crippen LogP contribution in [0, 0.1) is 5.82 Å². The van der Waals surface area contributed by atoms with Crippen LogP contribution in [0.25, 0.3) is 11.1 Å². The molecule has 0 radical (unpaired) electrons. The molecule has 0 fully saturated rings. The van der Waals surface area contributed by atoms with Crippen LogP contribution in [-0.4, -0.2) is 5.11 Å². The molecule has 76 valence electrons. The van der Waals surface area contributed by atoms with Crippen LogP contribution in [0.3, 0.4) is 0 Å². The summed E-state index contributed by atoms with van der Waals surface area (Å²) >= 11 is 0. The molecule has 2 aromatic rings. The Morgan fingerprint density at radius 3 is 2.33 bits per heavy atom. The SMILES string of the molecule is OCc1cc(F)cc(-c2ccccc2)c1. The smallest absolute Gasteiger partial charge is 0.124 e. The van der Waals surface area contributed by atoms with Gasteiger partial charge in [-0.2, -0.15) is 0 Å². The summed E-state index contributed by atoms with van der Waals surface area (Å²) in [6, 6.07) is 14.1. The molecule has 2 rings (SSSR count). The molecule has 0 aliphatic carbocycles. The Balaban J connectivity index is 2.49. The van der Waals surface area contributed by atoms with E-state index in [-0.39, 0.29) is 12.4 Å². The predicted molar refractivity (Wildman–Crippen MR) is 57.8 cm³/mol. The van der Waals surface area contributed by atoms with Gasteiger partial charge in [0, 0.05) is 0 Å². The highest BCUT2D eigenvalue weighted by molar-refractivity contribution is 5.64. The maximum absolute atomic E-state index is 13.2. The zero-order chi connectivity index (χ0) is 10.7. The summed E-state index contributed by atoms with van der Waals surface area (Å²) in [6.45, 7) is -0.141. The number of halogens is 1. The van der Waals surface area contributed by atoms with Crippen molar-refractivity contribution in [1.82, 2.24) is 0 Å². The summed E-state index contributed by atoms with van der Waals surface area (Å²) in [7, 11) is 0. The van der Waals surface area contributed by atoms with Crippen LogP contribution in [0.1, 0.15) is 5.56 Å². The average molecular weight is 202 g/mol. The summed E-state index contributed by atoms with van der Waals surface area (Å²) in [5.74, 6) is -0.319. The second-order valence-corrected chi connectivity index (χ2v) is 3.37. The lowest BCUT2D eigenvalue weighted by molar-refractivity contribution is 0.281. The predicted octanol–water partition coefficient (Wildman–Crippen LogP) is 2.99. The second kappa shape index (κ2) is 4.24. The van der Waals surface area contributed by atoms with Gasteiger partial charge in [-0.15, -0.1) is 0 Å². The Labute approximate surface area is 87.8 Å². The van der Waals surface area contributed by atoms with Crippen molar-refractivity contribution in [2.45, 2.75) is 6.61 Å². The number of aliphatic hydroxyl groups excluding tert-OH is 1. The number of rotatable bonds is 2. The number of hydrogen-bond donors (Lipinski definition) is 1. The third-order valence-electron chi connectivity index (χ3n) is 2.25. The molecule has 0 bridgehead atoms. The van der Waals surface area contributed by atoms with Crippen LogP contribution in [0.4, 0.5) is 4.39 Å². The molecular formula is C13H11FO. The van der Waals surface area contributed by atoms with E-state index in [0.29, 0.717) is 5.56 Å². The second-order valence-electron chi connectivity index (χ2n) is 3.37. The van der Waals surface area contributed by atoms with Gasteiger partial charge in [-0.1, -0.05) is 30.3 Å². The van der Waals surface area contributed by atoms with E-state index in [9.17, 15) is 4.39 Å². The fraction of sp³-hybridized carbons (Fsp3) is 0.0769. The first-order valence-electron chi connectivity index (χ1n) is 4.75. The molecule has 0 saturated carbocycles. The first kappa shape index (κ1) is 9.87. The summed E-state index contributed by atoms with van der Waals surface area (Å²) < 4.78 is 13.2. The van der Waals surface area contributed by atoms with Gasteiger partial charge in [0.05, 0.1) is 6.61 Å². The fourth-order valence-electron chi connectivity index (χ4n) is 1.54. The maximum Gasteiger partial charge on any atom is 0.124 e. The van der Waals surface area contributed by atoms with Gasteiger partial charge in [-0.05, 0) is 34.9 Å². The Kier molecular flexibility index (Phi) is 2.79. The molecule has 2 aromatic carbocycles.